The van der Waals surface area contributed by atoms with Crippen LogP contribution in [-0.2, 0) is 14.3 Å². The van der Waals surface area contributed by atoms with Crippen LogP contribution in [0.15, 0.2) is 18.2 Å². The average molecular weight is 168 g/mol. The molecule has 0 fully saturated rings. The van der Waals surface area contributed by atoms with Gasteiger partial charge in [0, 0.05) is 5.57 Å². The lowest BCUT2D eigenvalue weighted by molar-refractivity contribution is -0.142. The Balaban J connectivity index is 3.95. The first-order chi connectivity index (χ1) is 5.74. The van der Waals surface area contributed by atoms with E-state index in [-0.39, 0.29) is 6.42 Å². The van der Waals surface area contributed by atoms with Gasteiger partial charge >= 0.3 is 5.97 Å². The molecule has 0 radical (unpaired) electrons. The Morgan fingerprint density at radius 3 is 2.75 bits per heavy atom. The van der Waals surface area contributed by atoms with Gasteiger partial charge in [-0.05, 0) is 13.3 Å². The second-order valence-corrected chi connectivity index (χ2v) is 2.18. The van der Waals surface area contributed by atoms with E-state index in [1.54, 1.807) is 18.9 Å². The Morgan fingerprint density at radius 1 is 1.67 bits per heavy atom. The molecule has 0 aliphatic rings. The normalized spacial score (nSPS) is 8.42. The van der Waals surface area contributed by atoms with Crippen molar-refractivity contribution < 1.29 is 14.3 Å². The van der Waals surface area contributed by atoms with Crippen LogP contribution in [0, 0.1) is 0 Å². The van der Waals surface area contributed by atoms with Gasteiger partial charge in [0.2, 0.25) is 0 Å². The summed E-state index contributed by atoms with van der Waals surface area (Å²) in [5.41, 5.74) is 0.378. The summed E-state index contributed by atoms with van der Waals surface area (Å²) >= 11 is 0. The lowest BCUT2D eigenvalue weighted by atomic mass is 10.1. The molecule has 0 rings (SSSR count). The van der Waals surface area contributed by atoms with Crippen molar-refractivity contribution >= 4 is 11.9 Å². The maximum absolute atomic E-state index is 10.8. The molecule has 3 heteroatoms. The zero-order valence-corrected chi connectivity index (χ0v) is 7.13. The number of ether oxygens (including phenoxy) is 1. The van der Waals surface area contributed by atoms with Gasteiger partial charge in [0.1, 0.15) is 5.94 Å². The summed E-state index contributed by atoms with van der Waals surface area (Å²) in [4.78, 5) is 21.0. The minimum Gasteiger partial charge on any atom is -0.466 e. The largest absolute Gasteiger partial charge is 0.466 e. The highest BCUT2D eigenvalue weighted by molar-refractivity contribution is 5.76. The fraction of sp³-hybridized carbons (Fsp3) is 0.444. The minimum atomic E-state index is -0.391. The van der Waals surface area contributed by atoms with E-state index < -0.39 is 5.97 Å². The summed E-state index contributed by atoms with van der Waals surface area (Å²) in [5, 5.41) is 0. The van der Waals surface area contributed by atoms with E-state index >= 15 is 0 Å². The van der Waals surface area contributed by atoms with E-state index in [1.165, 1.54) is 0 Å². The first-order valence-electron chi connectivity index (χ1n) is 3.74. The molecule has 0 aromatic carbocycles. The summed E-state index contributed by atoms with van der Waals surface area (Å²) < 4.78 is 4.65. The highest BCUT2D eigenvalue weighted by Gasteiger charge is 2.05. The van der Waals surface area contributed by atoms with Gasteiger partial charge in [-0.25, -0.2) is 4.79 Å². The van der Waals surface area contributed by atoms with E-state index in [1.807, 2.05) is 0 Å². The van der Waals surface area contributed by atoms with Crippen LogP contribution in [0.5, 0.6) is 0 Å². The molecule has 66 valence electrons. The quantitative estimate of drug-likeness (QED) is 0.353. The Kier molecular flexibility index (Phi) is 5.66. The van der Waals surface area contributed by atoms with Crippen molar-refractivity contribution in [2.24, 2.45) is 0 Å². The van der Waals surface area contributed by atoms with Gasteiger partial charge in [0.05, 0.1) is 13.0 Å². The zero-order chi connectivity index (χ0) is 9.40. The van der Waals surface area contributed by atoms with Crippen LogP contribution in [0.1, 0.15) is 19.8 Å². The van der Waals surface area contributed by atoms with E-state index in [0.29, 0.717) is 18.6 Å². The predicted octanol–water partition coefficient (Wildman–Crippen LogP) is 1.27. The molecule has 0 N–H and O–H groups in total. The van der Waals surface area contributed by atoms with Crippen LogP contribution < -0.4 is 0 Å². The summed E-state index contributed by atoms with van der Waals surface area (Å²) in [6.45, 7) is 5.50. The monoisotopic (exact) mass is 168 g/mol. The van der Waals surface area contributed by atoms with Crippen LogP contribution in [0.2, 0.25) is 0 Å². The SMILES string of the molecule is C=CCC(=C=O)CC(=O)OCC. The molecular formula is C9H12O3. The Hall–Kier alpha value is -1.34. The third-order valence-corrected chi connectivity index (χ3v) is 1.20. The topological polar surface area (TPSA) is 43.4 Å². The van der Waals surface area contributed by atoms with Gasteiger partial charge in [-0.15, -0.1) is 6.58 Å². The predicted molar refractivity (Wildman–Crippen MR) is 45.3 cm³/mol. The van der Waals surface area contributed by atoms with Gasteiger partial charge in [0.15, 0.2) is 0 Å². The van der Waals surface area contributed by atoms with Crippen molar-refractivity contribution in [3.63, 3.8) is 0 Å². The molecule has 0 aromatic heterocycles. The Labute approximate surface area is 71.7 Å². The fourth-order valence-corrected chi connectivity index (χ4v) is 0.710. The van der Waals surface area contributed by atoms with Crippen LogP contribution in [0.25, 0.3) is 0 Å². The summed E-state index contributed by atoms with van der Waals surface area (Å²) in [5.74, 6) is 1.30. The number of hydrogen-bond acceptors (Lipinski definition) is 3. The maximum atomic E-state index is 10.8. The first-order valence-corrected chi connectivity index (χ1v) is 3.74. The molecule has 0 bridgehead atoms. The maximum Gasteiger partial charge on any atom is 0.310 e. The molecule has 0 unspecified atom stereocenters. The smallest absolute Gasteiger partial charge is 0.310 e. The van der Waals surface area contributed by atoms with Gasteiger partial charge in [-0.2, -0.15) is 0 Å². The third-order valence-electron chi connectivity index (χ3n) is 1.20. The number of hydrogen-bond donors (Lipinski definition) is 0. The van der Waals surface area contributed by atoms with Crippen molar-refractivity contribution in [2.45, 2.75) is 19.8 Å². The van der Waals surface area contributed by atoms with Crippen molar-refractivity contribution in [2.75, 3.05) is 6.61 Å². The number of carbonyl (C=O) groups excluding carboxylic acids is 2. The third kappa shape index (κ3) is 4.47. The minimum absolute atomic E-state index is 0.0172. The molecule has 0 aliphatic carbocycles. The number of esters is 1. The summed E-state index contributed by atoms with van der Waals surface area (Å²) in [6, 6.07) is 0. The zero-order valence-electron chi connectivity index (χ0n) is 7.13. The molecule has 3 nitrogen and oxygen atoms in total. The van der Waals surface area contributed by atoms with Crippen LogP contribution in [-0.4, -0.2) is 18.5 Å². The second kappa shape index (κ2) is 6.38. The van der Waals surface area contributed by atoms with Gasteiger partial charge in [-0.1, -0.05) is 6.08 Å². The van der Waals surface area contributed by atoms with Crippen molar-refractivity contribution in [1.29, 1.82) is 0 Å². The van der Waals surface area contributed by atoms with Gasteiger partial charge < -0.3 is 4.74 Å². The number of carbonyl (C=O) groups is 1. The van der Waals surface area contributed by atoms with E-state index in [0.717, 1.165) is 0 Å². The molecule has 0 aromatic rings. The van der Waals surface area contributed by atoms with Crippen LogP contribution in [0.4, 0.5) is 0 Å². The Bertz CT molecular complexity index is 212. The lowest BCUT2D eigenvalue weighted by Gasteiger charge is -2.00. The van der Waals surface area contributed by atoms with Crippen LogP contribution >= 0.6 is 0 Å². The first kappa shape index (κ1) is 10.7. The Morgan fingerprint density at radius 2 is 2.33 bits per heavy atom. The summed E-state index contributed by atoms with van der Waals surface area (Å²) in [7, 11) is 0. The van der Waals surface area contributed by atoms with E-state index in [2.05, 4.69) is 11.3 Å². The number of rotatable bonds is 5. The highest BCUT2D eigenvalue weighted by Crippen LogP contribution is 2.04. The van der Waals surface area contributed by atoms with Crippen molar-refractivity contribution in [3.8, 4) is 0 Å². The average Bonchev–Trinajstić information content (AvgIpc) is 2.04. The standard InChI is InChI=1S/C9H12O3/c1-3-5-8(7-10)6-9(11)12-4-2/h3H,1,4-6H2,2H3. The molecule has 12 heavy (non-hydrogen) atoms. The number of allylic oxidation sites excluding steroid dienone is 1. The molecular weight excluding hydrogens is 156 g/mol. The van der Waals surface area contributed by atoms with E-state index in [4.69, 9.17) is 0 Å². The molecule has 0 atom stereocenters. The van der Waals surface area contributed by atoms with Crippen molar-refractivity contribution in [1.82, 2.24) is 0 Å². The molecule has 0 saturated carbocycles. The molecule has 0 saturated heterocycles. The molecule has 0 amide bonds. The fourth-order valence-electron chi connectivity index (χ4n) is 0.710. The van der Waals surface area contributed by atoms with E-state index in [9.17, 15) is 9.59 Å². The molecule has 0 spiro atoms. The molecule has 0 aliphatic heterocycles. The van der Waals surface area contributed by atoms with Crippen LogP contribution in [0.3, 0.4) is 0 Å². The summed E-state index contributed by atoms with van der Waals surface area (Å²) in [6.07, 6.45) is 1.96. The van der Waals surface area contributed by atoms with Crippen molar-refractivity contribution in [3.05, 3.63) is 18.2 Å². The lowest BCUT2D eigenvalue weighted by Crippen LogP contribution is -2.05. The van der Waals surface area contributed by atoms with Gasteiger partial charge in [0.25, 0.3) is 0 Å². The second-order valence-electron chi connectivity index (χ2n) is 2.18. The molecule has 0 heterocycles. The highest BCUT2D eigenvalue weighted by atomic mass is 16.5. The van der Waals surface area contributed by atoms with Gasteiger partial charge in [-0.3, -0.25) is 4.79 Å².